The van der Waals surface area contributed by atoms with Crippen molar-refractivity contribution in [1.82, 2.24) is 10.3 Å². The lowest BCUT2D eigenvalue weighted by Gasteiger charge is -2.20. The summed E-state index contributed by atoms with van der Waals surface area (Å²) < 4.78 is 0.973. The average Bonchev–Trinajstić information content (AvgIpc) is 2.39. The van der Waals surface area contributed by atoms with Gasteiger partial charge in [-0.3, -0.25) is 19.9 Å². The maximum atomic E-state index is 11.8. The quantitative estimate of drug-likeness (QED) is 0.822. The number of hydrogen-bond acceptors (Lipinski definition) is 3. The van der Waals surface area contributed by atoms with Crippen LogP contribution in [0.5, 0.6) is 0 Å². The molecule has 2 heterocycles. The van der Waals surface area contributed by atoms with E-state index in [1.54, 1.807) is 6.20 Å². The molecular weight excluding hydrogens is 308 g/mol. The van der Waals surface area contributed by atoms with Gasteiger partial charge in [0.1, 0.15) is 0 Å². The monoisotopic (exact) mass is 318 g/mol. The molecule has 0 radical (unpaired) electrons. The van der Waals surface area contributed by atoms with Crippen LogP contribution in [0.4, 0.5) is 0 Å². The summed E-state index contributed by atoms with van der Waals surface area (Å²) >= 11 is 3.50. The van der Waals surface area contributed by atoms with Crippen molar-refractivity contribution in [3.05, 3.63) is 40.6 Å². The largest absolute Gasteiger partial charge is 0.296 e. The maximum Gasteiger partial charge on any atom is 0.235 e. The van der Waals surface area contributed by atoms with E-state index in [0.717, 1.165) is 15.2 Å². The van der Waals surface area contributed by atoms with Crippen LogP contribution in [-0.4, -0.2) is 16.8 Å². The van der Waals surface area contributed by atoms with Crippen LogP contribution in [0, 0.1) is 0 Å². The van der Waals surface area contributed by atoms with E-state index in [1.807, 2.05) is 24.3 Å². The van der Waals surface area contributed by atoms with E-state index in [1.165, 1.54) is 0 Å². The number of piperidine rings is 1. The van der Waals surface area contributed by atoms with E-state index in [9.17, 15) is 9.59 Å². The number of benzene rings is 1. The number of amides is 2. The molecule has 0 spiro atoms. The summed E-state index contributed by atoms with van der Waals surface area (Å²) in [6.45, 7) is 0. The third-order valence-electron chi connectivity index (χ3n) is 3.33. The molecule has 2 amide bonds. The maximum absolute atomic E-state index is 11.8. The molecule has 1 atom stereocenters. The highest BCUT2D eigenvalue weighted by Crippen LogP contribution is 2.29. The second-order valence-electron chi connectivity index (χ2n) is 4.57. The van der Waals surface area contributed by atoms with Crippen LogP contribution in [0.25, 0.3) is 10.8 Å². The summed E-state index contributed by atoms with van der Waals surface area (Å²) in [4.78, 5) is 27.4. The molecule has 3 rings (SSSR count). The van der Waals surface area contributed by atoms with Gasteiger partial charge >= 0.3 is 0 Å². The molecule has 1 aliphatic heterocycles. The summed E-state index contributed by atoms with van der Waals surface area (Å²) in [7, 11) is 0. The first kappa shape index (κ1) is 12.3. The van der Waals surface area contributed by atoms with Gasteiger partial charge in [-0.05, 0) is 23.9 Å². The second-order valence-corrected chi connectivity index (χ2v) is 5.43. The smallest absolute Gasteiger partial charge is 0.235 e. The lowest BCUT2D eigenvalue weighted by atomic mass is 9.93. The molecule has 0 saturated carbocycles. The number of imide groups is 1. The number of fused-ring (bicyclic) bond motifs is 1. The fourth-order valence-electron chi connectivity index (χ4n) is 2.31. The molecular formula is C14H11BrN2O2. The molecule has 1 N–H and O–H groups in total. The highest BCUT2D eigenvalue weighted by Gasteiger charge is 2.29. The predicted octanol–water partition coefficient (Wildman–Crippen LogP) is 2.52. The van der Waals surface area contributed by atoms with E-state index < -0.39 is 0 Å². The third kappa shape index (κ3) is 2.26. The van der Waals surface area contributed by atoms with E-state index in [-0.39, 0.29) is 17.7 Å². The van der Waals surface area contributed by atoms with Gasteiger partial charge in [0.15, 0.2) is 0 Å². The van der Waals surface area contributed by atoms with Crippen molar-refractivity contribution < 1.29 is 9.59 Å². The van der Waals surface area contributed by atoms with Crippen LogP contribution >= 0.6 is 15.9 Å². The van der Waals surface area contributed by atoms with Crippen molar-refractivity contribution in [3.63, 3.8) is 0 Å². The Balaban J connectivity index is 2.04. The molecule has 1 aliphatic rings. The van der Waals surface area contributed by atoms with Gasteiger partial charge in [-0.2, -0.15) is 0 Å². The normalized spacial score (nSPS) is 19.5. The molecule has 1 aromatic heterocycles. The fraction of sp³-hybridized carbons (Fsp3) is 0.214. The Labute approximate surface area is 118 Å². The van der Waals surface area contributed by atoms with Crippen molar-refractivity contribution in [2.45, 2.75) is 18.8 Å². The van der Waals surface area contributed by atoms with Gasteiger partial charge in [-0.25, -0.2) is 0 Å². The zero-order valence-electron chi connectivity index (χ0n) is 10.0. The molecule has 1 fully saturated rings. The Kier molecular flexibility index (Phi) is 3.06. The van der Waals surface area contributed by atoms with E-state index in [0.29, 0.717) is 18.5 Å². The minimum Gasteiger partial charge on any atom is -0.296 e. The number of nitrogens with one attached hydrogen (secondary N) is 1. The van der Waals surface area contributed by atoms with Crippen LogP contribution in [0.3, 0.4) is 0 Å². The molecule has 1 aromatic carbocycles. The number of rotatable bonds is 1. The SMILES string of the molecule is O=C1CCC(c2cc3c(Br)cccc3cn2)C(=O)N1. The lowest BCUT2D eigenvalue weighted by molar-refractivity contribution is -0.134. The van der Waals surface area contributed by atoms with Crippen LogP contribution in [0.2, 0.25) is 0 Å². The number of carbonyl (C=O) groups is 2. The van der Waals surface area contributed by atoms with Gasteiger partial charge in [0.2, 0.25) is 11.8 Å². The zero-order chi connectivity index (χ0) is 13.4. The Morgan fingerprint density at radius 2 is 2.16 bits per heavy atom. The topological polar surface area (TPSA) is 59.1 Å². The molecule has 0 aliphatic carbocycles. The Hall–Kier alpha value is -1.75. The summed E-state index contributed by atoms with van der Waals surface area (Å²) in [5, 5.41) is 4.41. The fourth-order valence-corrected chi connectivity index (χ4v) is 2.81. The predicted molar refractivity (Wildman–Crippen MR) is 74.6 cm³/mol. The molecule has 1 unspecified atom stereocenters. The van der Waals surface area contributed by atoms with Crippen molar-refractivity contribution in [3.8, 4) is 0 Å². The van der Waals surface area contributed by atoms with Crippen LogP contribution in [0.1, 0.15) is 24.5 Å². The lowest BCUT2D eigenvalue weighted by Crippen LogP contribution is -2.39. The van der Waals surface area contributed by atoms with E-state index in [4.69, 9.17) is 0 Å². The third-order valence-corrected chi connectivity index (χ3v) is 4.02. The summed E-state index contributed by atoms with van der Waals surface area (Å²) in [5.74, 6) is -0.799. The van der Waals surface area contributed by atoms with Crippen molar-refractivity contribution in [2.24, 2.45) is 0 Å². The standard InChI is InChI=1S/C14H11BrN2O2/c15-11-3-1-2-8-7-16-12(6-10(8)11)9-4-5-13(18)17-14(9)19/h1-3,6-7,9H,4-5H2,(H,17,18,19). The highest BCUT2D eigenvalue weighted by atomic mass is 79.9. The van der Waals surface area contributed by atoms with Crippen LogP contribution in [-0.2, 0) is 9.59 Å². The van der Waals surface area contributed by atoms with Crippen LogP contribution in [0.15, 0.2) is 34.9 Å². The Bertz CT molecular complexity index is 684. The number of pyridine rings is 1. The Morgan fingerprint density at radius 3 is 2.95 bits per heavy atom. The first-order valence-corrected chi connectivity index (χ1v) is 6.82. The summed E-state index contributed by atoms with van der Waals surface area (Å²) in [6, 6.07) is 7.79. The van der Waals surface area contributed by atoms with Crippen molar-refractivity contribution in [2.75, 3.05) is 0 Å². The van der Waals surface area contributed by atoms with E-state index >= 15 is 0 Å². The number of nitrogens with zero attached hydrogens (tertiary/aromatic N) is 1. The number of carbonyl (C=O) groups excluding carboxylic acids is 2. The van der Waals surface area contributed by atoms with Gasteiger partial charge in [0, 0.05) is 22.5 Å². The first-order chi connectivity index (χ1) is 9.15. The minimum atomic E-state index is -0.339. The molecule has 1 saturated heterocycles. The summed E-state index contributed by atoms with van der Waals surface area (Å²) in [5.41, 5.74) is 0.712. The van der Waals surface area contributed by atoms with Crippen molar-refractivity contribution in [1.29, 1.82) is 0 Å². The van der Waals surface area contributed by atoms with Gasteiger partial charge in [0.05, 0.1) is 11.6 Å². The molecule has 2 aromatic rings. The molecule has 4 nitrogen and oxygen atoms in total. The number of aromatic nitrogens is 1. The summed E-state index contributed by atoms with van der Waals surface area (Å²) in [6.07, 6.45) is 2.65. The minimum absolute atomic E-state index is 0.205. The van der Waals surface area contributed by atoms with Crippen LogP contribution < -0.4 is 5.32 Å². The number of halogens is 1. The van der Waals surface area contributed by atoms with Gasteiger partial charge in [-0.1, -0.05) is 28.1 Å². The zero-order valence-corrected chi connectivity index (χ0v) is 11.6. The molecule has 5 heteroatoms. The van der Waals surface area contributed by atoms with Gasteiger partial charge in [-0.15, -0.1) is 0 Å². The van der Waals surface area contributed by atoms with E-state index in [2.05, 4.69) is 26.2 Å². The molecule has 19 heavy (non-hydrogen) atoms. The average molecular weight is 319 g/mol. The first-order valence-electron chi connectivity index (χ1n) is 6.03. The number of hydrogen-bond donors (Lipinski definition) is 1. The van der Waals surface area contributed by atoms with Crippen molar-refractivity contribution >= 4 is 38.5 Å². The van der Waals surface area contributed by atoms with Gasteiger partial charge in [0.25, 0.3) is 0 Å². The van der Waals surface area contributed by atoms with Gasteiger partial charge < -0.3 is 0 Å². The highest BCUT2D eigenvalue weighted by molar-refractivity contribution is 9.10. The molecule has 0 bridgehead atoms. The molecule has 96 valence electrons. The second kappa shape index (κ2) is 4.74. The Morgan fingerprint density at radius 1 is 1.32 bits per heavy atom.